The highest BCUT2D eigenvalue weighted by atomic mass is 19.1. The number of aryl methyl sites for hydroxylation is 1. The molecule has 2 aromatic heterocycles. The summed E-state index contributed by atoms with van der Waals surface area (Å²) in [6.45, 7) is 1.87. The Bertz CT molecular complexity index is 1290. The molecule has 150 valence electrons. The van der Waals surface area contributed by atoms with Crippen molar-refractivity contribution < 1.29 is 23.0 Å². The third kappa shape index (κ3) is 2.90. The number of aromatic nitrogens is 2. The van der Waals surface area contributed by atoms with Gasteiger partial charge in [-0.1, -0.05) is 12.1 Å². The first kappa shape index (κ1) is 18.3. The molecule has 0 spiro atoms. The molecule has 0 aliphatic carbocycles. The predicted octanol–water partition coefficient (Wildman–Crippen LogP) is 4.84. The number of carbonyl (C=O) groups excluding carboxylic acids is 1. The van der Waals surface area contributed by atoms with E-state index >= 15 is 0 Å². The number of rotatable bonds is 4. The van der Waals surface area contributed by atoms with Crippen molar-refractivity contribution in [3.05, 3.63) is 88.7 Å². The lowest BCUT2D eigenvalue weighted by atomic mass is 10.0. The highest BCUT2D eigenvalue weighted by Gasteiger charge is 2.23. The van der Waals surface area contributed by atoms with Crippen molar-refractivity contribution in [1.82, 2.24) is 9.38 Å². The molecule has 1 aliphatic heterocycles. The summed E-state index contributed by atoms with van der Waals surface area (Å²) >= 11 is 0. The zero-order valence-corrected chi connectivity index (χ0v) is 16.0. The number of fused-ring (bicyclic) bond motifs is 2. The van der Waals surface area contributed by atoms with Crippen molar-refractivity contribution >= 4 is 11.6 Å². The van der Waals surface area contributed by atoms with Crippen LogP contribution >= 0.6 is 0 Å². The van der Waals surface area contributed by atoms with Gasteiger partial charge in [-0.25, -0.2) is 18.6 Å². The van der Waals surface area contributed by atoms with Gasteiger partial charge in [0.1, 0.15) is 24.8 Å². The second kappa shape index (κ2) is 6.95. The lowest BCUT2D eigenvalue weighted by molar-refractivity contribution is 0.0535. The molecular formula is C23H16F2N2O3. The van der Waals surface area contributed by atoms with Crippen molar-refractivity contribution in [2.24, 2.45) is 0 Å². The molecule has 0 amide bonds. The molecule has 4 aromatic rings. The molecule has 0 saturated carbocycles. The molecule has 0 saturated heterocycles. The number of cyclic esters (lactones) is 1. The van der Waals surface area contributed by atoms with Crippen LogP contribution in [0.4, 0.5) is 8.78 Å². The molecule has 0 radical (unpaired) electrons. The van der Waals surface area contributed by atoms with Gasteiger partial charge < -0.3 is 9.47 Å². The molecule has 1 aliphatic rings. The van der Waals surface area contributed by atoms with Crippen LogP contribution in [0.25, 0.3) is 16.9 Å². The maximum atomic E-state index is 13.9. The number of imidazole rings is 1. The van der Waals surface area contributed by atoms with Gasteiger partial charge in [-0.15, -0.1) is 0 Å². The molecule has 0 bridgehead atoms. The number of pyridine rings is 1. The van der Waals surface area contributed by atoms with Crippen molar-refractivity contribution in [3.63, 3.8) is 0 Å². The van der Waals surface area contributed by atoms with Crippen LogP contribution in [0.1, 0.15) is 27.2 Å². The molecule has 7 heteroatoms. The number of ether oxygens (including phenoxy) is 2. The van der Waals surface area contributed by atoms with Crippen LogP contribution in [0.5, 0.6) is 5.75 Å². The molecule has 0 unspecified atom stereocenters. The first-order chi connectivity index (χ1) is 14.5. The van der Waals surface area contributed by atoms with E-state index in [0.717, 1.165) is 22.5 Å². The Morgan fingerprint density at radius 2 is 1.93 bits per heavy atom. The van der Waals surface area contributed by atoms with Crippen LogP contribution in [-0.2, 0) is 18.0 Å². The van der Waals surface area contributed by atoms with Gasteiger partial charge in [0, 0.05) is 17.3 Å². The van der Waals surface area contributed by atoms with E-state index in [9.17, 15) is 13.6 Å². The van der Waals surface area contributed by atoms with Gasteiger partial charge in [-0.3, -0.25) is 4.40 Å². The second-order valence-electron chi connectivity index (χ2n) is 7.05. The number of halogens is 2. The van der Waals surface area contributed by atoms with Crippen LogP contribution in [0.3, 0.4) is 0 Å². The van der Waals surface area contributed by atoms with Crippen molar-refractivity contribution in [2.75, 3.05) is 0 Å². The summed E-state index contributed by atoms with van der Waals surface area (Å²) < 4.78 is 40.5. The maximum Gasteiger partial charge on any atom is 0.338 e. The van der Waals surface area contributed by atoms with E-state index in [2.05, 4.69) is 4.98 Å². The lowest BCUT2D eigenvalue weighted by Gasteiger charge is -2.10. The van der Waals surface area contributed by atoms with E-state index in [-0.39, 0.29) is 24.7 Å². The predicted molar refractivity (Wildman–Crippen MR) is 105 cm³/mol. The fraction of sp³-hybridized carbons (Fsp3) is 0.130. The molecule has 0 atom stereocenters. The minimum Gasteiger partial charge on any atom is -0.485 e. The van der Waals surface area contributed by atoms with Gasteiger partial charge in [0.25, 0.3) is 0 Å². The monoisotopic (exact) mass is 406 g/mol. The Morgan fingerprint density at radius 1 is 1.13 bits per heavy atom. The van der Waals surface area contributed by atoms with Gasteiger partial charge in [0.2, 0.25) is 0 Å². The maximum absolute atomic E-state index is 13.9. The fourth-order valence-electron chi connectivity index (χ4n) is 3.72. The normalized spacial score (nSPS) is 12.8. The zero-order chi connectivity index (χ0) is 20.8. The van der Waals surface area contributed by atoms with Crippen molar-refractivity contribution in [1.29, 1.82) is 0 Å². The zero-order valence-electron chi connectivity index (χ0n) is 16.0. The first-order valence-electron chi connectivity index (χ1n) is 9.36. The number of benzene rings is 2. The van der Waals surface area contributed by atoms with E-state index in [1.165, 1.54) is 18.2 Å². The van der Waals surface area contributed by atoms with Crippen LogP contribution < -0.4 is 4.74 Å². The van der Waals surface area contributed by atoms with Crippen LogP contribution in [0.2, 0.25) is 0 Å². The molecule has 0 fully saturated rings. The quantitative estimate of drug-likeness (QED) is 0.455. The summed E-state index contributed by atoms with van der Waals surface area (Å²) in [7, 11) is 0. The summed E-state index contributed by atoms with van der Waals surface area (Å²) in [6, 6.07) is 12.7. The van der Waals surface area contributed by atoms with Gasteiger partial charge >= 0.3 is 5.97 Å². The number of hydrogen-bond acceptors (Lipinski definition) is 4. The third-order valence-corrected chi connectivity index (χ3v) is 5.18. The summed E-state index contributed by atoms with van der Waals surface area (Å²) in [6.07, 6.45) is 1.84. The van der Waals surface area contributed by atoms with Crippen molar-refractivity contribution in [3.8, 4) is 17.0 Å². The molecule has 0 N–H and O–H groups in total. The average molecular weight is 406 g/mol. The summed E-state index contributed by atoms with van der Waals surface area (Å²) in [5.41, 5.74) is 4.29. The Morgan fingerprint density at radius 3 is 2.73 bits per heavy atom. The Kier molecular flexibility index (Phi) is 4.24. The largest absolute Gasteiger partial charge is 0.485 e. The second-order valence-corrected chi connectivity index (χ2v) is 7.05. The van der Waals surface area contributed by atoms with E-state index in [1.807, 2.05) is 29.7 Å². The molecule has 5 nitrogen and oxygen atoms in total. The highest BCUT2D eigenvalue weighted by molar-refractivity contribution is 5.94. The number of carbonyl (C=O) groups is 1. The molecule has 3 heterocycles. The average Bonchev–Trinajstić information content (AvgIpc) is 3.27. The lowest BCUT2D eigenvalue weighted by Crippen LogP contribution is -2.03. The van der Waals surface area contributed by atoms with Crippen molar-refractivity contribution in [2.45, 2.75) is 20.1 Å². The summed E-state index contributed by atoms with van der Waals surface area (Å²) in [5.74, 6) is -1.22. The Labute approximate surface area is 170 Å². The van der Waals surface area contributed by atoms with Gasteiger partial charge in [-0.05, 0) is 43.3 Å². The van der Waals surface area contributed by atoms with E-state index in [0.29, 0.717) is 17.0 Å². The Balaban J connectivity index is 1.54. The molecular weight excluding hydrogens is 390 g/mol. The Hall–Kier alpha value is -3.74. The standard InChI is InChI=1S/C23H16F2N2O3/c1-13-21(14-7-8-16-15(10-14)11-30-23(16)28)27-9-3-6-20(22(27)26-13)29-12-17-18(24)4-2-5-19(17)25/h2-10H,11-12H2,1H3. The highest BCUT2D eigenvalue weighted by Crippen LogP contribution is 2.32. The van der Waals surface area contributed by atoms with Gasteiger partial charge in [0.15, 0.2) is 11.4 Å². The summed E-state index contributed by atoms with van der Waals surface area (Å²) in [4.78, 5) is 16.3. The SMILES string of the molecule is Cc1nc2c(OCc3c(F)cccc3F)cccn2c1-c1ccc2c(c1)COC2=O. The summed E-state index contributed by atoms with van der Waals surface area (Å²) in [5, 5.41) is 0. The number of hydrogen-bond donors (Lipinski definition) is 0. The molecule has 2 aromatic carbocycles. The van der Waals surface area contributed by atoms with Gasteiger partial charge in [0.05, 0.1) is 22.5 Å². The van der Waals surface area contributed by atoms with Crippen LogP contribution in [-0.4, -0.2) is 15.4 Å². The molecule has 5 rings (SSSR count). The minimum absolute atomic E-state index is 0.133. The van der Waals surface area contributed by atoms with Gasteiger partial charge in [-0.2, -0.15) is 0 Å². The third-order valence-electron chi connectivity index (χ3n) is 5.18. The first-order valence-corrected chi connectivity index (χ1v) is 9.36. The van der Waals surface area contributed by atoms with Crippen LogP contribution in [0, 0.1) is 18.6 Å². The van der Waals surface area contributed by atoms with E-state index in [1.54, 1.807) is 18.2 Å². The molecule has 30 heavy (non-hydrogen) atoms. The minimum atomic E-state index is -0.655. The number of esters is 1. The topological polar surface area (TPSA) is 52.8 Å². The van der Waals surface area contributed by atoms with E-state index < -0.39 is 11.6 Å². The fourth-order valence-corrected chi connectivity index (χ4v) is 3.72. The van der Waals surface area contributed by atoms with E-state index in [4.69, 9.17) is 9.47 Å². The smallest absolute Gasteiger partial charge is 0.338 e. The van der Waals surface area contributed by atoms with Crippen LogP contribution in [0.15, 0.2) is 54.7 Å². The number of nitrogens with zero attached hydrogens (tertiary/aromatic N) is 2.